The van der Waals surface area contributed by atoms with E-state index in [1.54, 1.807) is 19.0 Å². The molecule has 0 radical (unpaired) electrons. The van der Waals surface area contributed by atoms with Crippen LogP contribution in [0.15, 0.2) is 11.4 Å². The van der Waals surface area contributed by atoms with Crippen LogP contribution in [0.2, 0.25) is 0 Å². The summed E-state index contributed by atoms with van der Waals surface area (Å²) in [4.78, 5) is 25.5. The van der Waals surface area contributed by atoms with Crippen molar-refractivity contribution in [2.24, 2.45) is 5.73 Å². The highest BCUT2D eigenvalue weighted by atomic mass is 16.2. The summed E-state index contributed by atoms with van der Waals surface area (Å²) in [6, 6.07) is 0. The molecule has 1 heterocycles. The maximum atomic E-state index is 11.6. The molecule has 14 heavy (non-hydrogen) atoms. The van der Waals surface area contributed by atoms with Gasteiger partial charge in [-0.15, -0.1) is 0 Å². The topological polar surface area (TPSA) is 66.6 Å². The Morgan fingerprint density at radius 3 is 2.43 bits per heavy atom. The molecule has 2 N–H and O–H groups in total. The normalized spacial score (nSPS) is 19.9. The molecule has 5 nitrogen and oxygen atoms in total. The Kier molecular flexibility index (Phi) is 2.78. The predicted octanol–water partition coefficient (Wildman–Crippen LogP) is -0.503. The van der Waals surface area contributed by atoms with Gasteiger partial charge in [0.2, 0.25) is 5.91 Å². The molecule has 5 heteroatoms. The zero-order valence-electron chi connectivity index (χ0n) is 8.70. The molecule has 0 saturated carbocycles. The van der Waals surface area contributed by atoms with E-state index in [4.69, 9.17) is 5.73 Å². The molecule has 0 unspecified atom stereocenters. The van der Waals surface area contributed by atoms with Crippen LogP contribution in [0, 0.1) is 0 Å². The number of imide groups is 1. The van der Waals surface area contributed by atoms with E-state index < -0.39 is 0 Å². The lowest BCUT2D eigenvalue weighted by molar-refractivity contribution is -0.138. The molecule has 0 aromatic heterocycles. The van der Waals surface area contributed by atoms with Crippen LogP contribution in [-0.4, -0.2) is 42.3 Å². The van der Waals surface area contributed by atoms with E-state index in [2.05, 4.69) is 0 Å². The van der Waals surface area contributed by atoms with Gasteiger partial charge in [-0.3, -0.25) is 14.5 Å². The lowest BCUT2D eigenvalue weighted by atomic mass is 10.2. The molecule has 0 aromatic rings. The predicted molar refractivity (Wildman–Crippen MR) is 51.9 cm³/mol. The average molecular weight is 197 g/mol. The molecule has 0 bridgehead atoms. The summed E-state index contributed by atoms with van der Waals surface area (Å²) in [5.41, 5.74) is 6.25. The number of nitrogens with two attached hydrogens (primary N) is 1. The average Bonchev–Trinajstić information content (AvgIpc) is 2.45. The first-order chi connectivity index (χ1) is 6.45. The number of carbonyl (C=O) groups excluding carboxylic acids is 2. The van der Waals surface area contributed by atoms with Crippen LogP contribution >= 0.6 is 0 Å². The minimum absolute atomic E-state index is 0.225. The molecule has 1 rings (SSSR count). The van der Waals surface area contributed by atoms with Crippen LogP contribution in [0.1, 0.15) is 13.3 Å². The summed E-state index contributed by atoms with van der Waals surface area (Å²) < 4.78 is 0. The summed E-state index contributed by atoms with van der Waals surface area (Å²) in [7, 11) is 3.54. The number of hydrogen-bond donors (Lipinski definition) is 1. The van der Waals surface area contributed by atoms with Crippen LogP contribution in [0.5, 0.6) is 0 Å². The molecule has 0 aromatic carbocycles. The molecule has 1 aliphatic heterocycles. The first kappa shape index (κ1) is 10.6. The Bertz CT molecular complexity index is 307. The van der Waals surface area contributed by atoms with E-state index in [0.717, 1.165) is 0 Å². The molecule has 0 aliphatic carbocycles. The van der Waals surface area contributed by atoms with Gasteiger partial charge in [0, 0.05) is 27.6 Å². The Morgan fingerprint density at radius 2 is 2.07 bits per heavy atom. The monoisotopic (exact) mass is 197 g/mol. The van der Waals surface area contributed by atoms with Crippen molar-refractivity contribution in [3.8, 4) is 0 Å². The lowest BCUT2D eigenvalue weighted by Gasteiger charge is -2.15. The highest BCUT2D eigenvalue weighted by Crippen LogP contribution is 2.19. The van der Waals surface area contributed by atoms with Gasteiger partial charge in [0.1, 0.15) is 5.82 Å². The van der Waals surface area contributed by atoms with Gasteiger partial charge in [0.25, 0.3) is 5.91 Å². The highest BCUT2D eigenvalue weighted by Gasteiger charge is 2.31. The minimum atomic E-state index is -0.260. The van der Waals surface area contributed by atoms with Gasteiger partial charge >= 0.3 is 0 Å². The van der Waals surface area contributed by atoms with Crippen LogP contribution in [0.4, 0.5) is 0 Å². The molecule has 1 saturated heterocycles. The second kappa shape index (κ2) is 3.69. The SMILES string of the molecule is CC(=O)N1CC/C(=C(/N)N(C)C)C1=O. The first-order valence-electron chi connectivity index (χ1n) is 4.43. The molecule has 0 spiro atoms. The number of likely N-dealkylation sites (tertiary alicyclic amines) is 1. The summed E-state index contributed by atoms with van der Waals surface area (Å²) in [5, 5.41) is 0. The number of rotatable bonds is 1. The minimum Gasteiger partial charge on any atom is -0.385 e. The third kappa shape index (κ3) is 1.71. The largest absolute Gasteiger partial charge is 0.385 e. The number of amides is 2. The summed E-state index contributed by atoms with van der Waals surface area (Å²) in [6.45, 7) is 1.82. The van der Waals surface area contributed by atoms with Gasteiger partial charge in [0.05, 0.1) is 5.57 Å². The van der Waals surface area contributed by atoms with Crippen molar-refractivity contribution >= 4 is 11.8 Å². The fourth-order valence-corrected chi connectivity index (χ4v) is 1.40. The van der Waals surface area contributed by atoms with E-state index in [0.29, 0.717) is 24.4 Å². The number of carbonyl (C=O) groups is 2. The van der Waals surface area contributed by atoms with Crippen molar-refractivity contribution in [2.45, 2.75) is 13.3 Å². The van der Waals surface area contributed by atoms with Gasteiger partial charge in [-0.2, -0.15) is 0 Å². The van der Waals surface area contributed by atoms with Gasteiger partial charge in [-0.05, 0) is 6.42 Å². The second-order valence-corrected chi connectivity index (χ2v) is 3.48. The Balaban J connectivity index is 2.94. The zero-order valence-corrected chi connectivity index (χ0v) is 8.70. The maximum Gasteiger partial charge on any atom is 0.260 e. The van der Waals surface area contributed by atoms with E-state index >= 15 is 0 Å². The Hall–Kier alpha value is -1.52. The van der Waals surface area contributed by atoms with E-state index in [-0.39, 0.29) is 11.8 Å². The maximum absolute atomic E-state index is 11.6. The molecule has 2 amide bonds. The van der Waals surface area contributed by atoms with Crippen molar-refractivity contribution in [3.63, 3.8) is 0 Å². The van der Waals surface area contributed by atoms with Crippen LogP contribution < -0.4 is 5.73 Å². The van der Waals surface area contributed by atoms with Crippen LogP contribution in [-0.2, 0) is 9.59 Å². The quantitative estimate of drug-likeness (QED) is 0.575. The Labute approximate surface area is 83.1 Å². The summed E-state index contributed by atoms with van der Waals surface area (Å²) in [5.74, 6) is -0.0426. The van der Waals surface area contributed by atoms with Crippen molar-refractivity contribution in [1.82, 2.24) is 9.80 Å². The molecule has 78 valence electrons. The fraction of sp³-hybridized carbons (Fsp3) is 0.556. The molecule has 0 atom stereocenters. The molecule has 1 fully saturated rings. The van der Waals surface area contributed by atoms with Crippen LogP contribution in [0.3, 0.4) is 0 Å². The fourth-order valence-electron chi connectivity index (χ4n) is 1.40. The summed E-state index contributed by atoms with van der Waals surface area (Å²) >= 11 is 0. The third-order valence-electron chi connectivity index (χ3n) is 2.26. The van der Waals surface area contributed by atoms with Crippen molar-refractivity contribution < 1.29 is 9.59 Å². The van der Waals surface area contributed by atoms with Gasteiger partial charge in [-0.25, -0.2) is 0 Å². The second-order valence-electron chi connectivity index (χ2n) is 3.48. The van der Waals surface area contributed by atoms with E-state index in [9.17, 15) is 9.59 Å². The molecular formula is C9H15N3O2. The van der Waals surface area contributed by atoms with Gasteiger partial charge in [-0.1, -0.05) is 0 Å². The Morgan fingerprint density at radius 1 is 1.50 bits per heavy atom. The lowest BCUT2D eigenvalue weighted by Crippen LogP contribution is -2.31. The molecule has 1 aliphatic rings. The van der Waals surface area contributed by atoms with Crippen molar-refractivity contribution in [3.05, 3.63) is 11.4 Å². The summed E-state index contributed by atoms with van der Waals surface area (Å²) in [6.07, 6.45) is 0.544. The number of nitrogens with zero attached hydrogens (tertiary/aromatic N) is 2. The van der Waals surface area contributed by atoms with Crippen molar-refractivity contribution in [1.29, 1.82) is 0 Å². The first-order valence-corrected chi connectivity index (χ1v) is 4.43. The standard InChI is InChI=1S/C9H15N3O2/c1-6(13)12-5-4-7(9(12)14)8(10)11(2)3/h4-5,10H2,1-3H3/b8-7+. The molecular weight excluding hydrogens is 182 g/mol. The van der Waals surface area contributed by atoms with Crippen LogP contribution in [0.25, 0.3) is 0 Å². The van der Waals surface area contributed by atoms with E-state index in [1.807, 2.05) is 0 Å². The smallest absolute Gasteiger partial charge is 0.260 e. The highest BCUT2D eigenvalue weighted by molar-refractivity contribution is 6.05. The van der Waals surface area contributed by atoms with Gasteiger partial charge < -0.3 is 10.6 Å². The van der Waals surface area contributed by atoms with Crippen molar-refractivity contribution in [2.75, 3.05) is 20.6 Å². The number of hydrogen-bond acceptors (Lipinski definition) is 4. The third-order valence-corrected chi connectivity index (χ3v) is 2.26. The van der Waals surface area contributed by atoms with Gasteiger partial charge in [0.15, 0.2) is 0 Å². The van der Waals surface area contributed by atoms with E-state index in [1.165, 1.54) is 11.8 Å². The zero-order chi connectivity index (χ0) is 10.9.